The predicted molar refractivity (Wildman–Crippen MR) is 79.3 cm³/mol. The van der Waals surface area contributed by atoms with Crippen molar-refractivity contribution < 1.29 is 4.74 Å². The summed E-state index contributed by atoms with van der Waals surface area (Å²) in [5.74, 6) is 0. The van der Waals surface area contributed by atoms with Crippen molar-refractivity contribution in [3.8, 4) is 0 Å². The van der Waals surface area contributed by atoms with Gasteiger partial charge in [0.1, 0.15) is 0 Å². The Bertz CT molecular complexity index is 505. The average Bonchev–Trinajstić information content (AvgIpc) is 2.47. The number of aromatic nitrogens is 1. The summed E-state index contributed by atoms with van der Waals surface area (Å²) < 4.78 is 5.58. The number of pyridine rings is 1. The van der Waals surface area contributed by atoms with Crippen molar-refractivity contribution in [3.05, 3.63) is 42.1 Å². The van der Waals surface area contributed by atoms with Crippen LogP contribution >= 0.6 is 0 Å². The van der Waals surface area contributed by atoms with Gasteiger partial charge in [0.2, 0.25) is 0 Å². The van der Waals surface area contributed by atoms with E-state index in [1.54, 1.807) is 0 Å². The Balaban J connectivity index is 2.21. The molecule has 19 heavy (non-hydrogen) atoms. The second-order valence-electron chi connectivity index (χ2n) is 4.62. The molecule has 0 spiro atoms. The summed E-state index contributed by atoms with van der Waals surface area (Å²) in [7, 11) is 0. The van der Waals surface area contributed by atoms with Crippen LogP contribution in [-0.2, 0) is 4.74 Å². The minimum Gasteiger partial charge on any atom is -0.380 e. The van der Waals surface area contributed by atoms with E-state index in [2.05, 4.69) is 41.5 Å². The van der Waals surface area contributed by atoms with Crippen LogP contribution in [0.5, 0.6) is 0 Å². The van der Waals surface area contributed by atoms with Crippen LogP contribution in [0.15, 0.2) is 36.5 Å². The average molecular weight is 258 g/mol. The fourth-order valence-corrected chi connectivity index (χ4v) is 2.13. The molecule has 3 heteroatoms. The third-order valence-electron chi connectivity index (χ3n) is 3.16. The molecular weight excluding hydrogens is 236 g/mol. The Morgan fingerprint density at radius 2 is 2.16 bits per heavy atom. The summed E-state index contributed by atoms with van der Waals surface area (Å²) >= 11 is 0. The Morgan fingerprint density at radius 3 is 2.95 bits per heavy atom. The quantitative estimate of drug-likeness (QED) is 0.827. The highest BCUT2D eigenvalue weighted by Gasteiger charge is 2.11. The summed E-state index contributed by atoms with van der Waals surface area (Å²) in [4.78, 5) is 4.42. The van der Waals surface area contributed by atoms with Gasteiger partial charge in [0.05, 0.1) is 18.2 Å². The molecule has 0 aliphatic carbocycles. The Kier molecular flexibility index (Phi) is 5.31. The van der Waals surface area contributed by atoms with Gasteiger partial charge >= 0.3 is 0 Å². The molecule has 0 saturated heterocycles. The van der Waals surface area contributed by atoms with Gasteiger partial charge in [-0.1, -0.05) is 25.1 Å². The number of rotatable bonds is 7. The summed E-state index contributed by atoms with van der Waals surface area (Å²) in [5.41, 5.74) is 2.29. The van der Waals surface area contributed by atoms with E-state index in [0.717, 1.165) is 25.1 Å². The van der Waals surface area contributed by atoms with Crippen molar-refractivity contribution in [2.45, 2.75) is 26.3 Å². The van der Waals surface area contributed by atoms with Crippen LogP contribution in [0, 0.1) is 0 Å². The van der Waals surface area contributed by atoms with E-state index < -0.39 is 0 Å². The highest BCUT2D eigenvalue weighted by molar-refractivity contribution is 5.78. The monoisotopic (exact) mass is 258 g/mol. The Hall–Kier alpha value is -1.45. The molecule has 1 N–H and O–H groups in total. The van der Waals surface area contributed by atoms with E-state index in [1.807, 2.05) is 19.2 Å². The molecule has 0 amide bonds. The van der Waals surface area contributed by atoms with Crippen LogP contribution < -0.4 is 5.32 Å². The molecule has 1 atom stereocenters. The molecule has 1 unspecified atom stereocenters. The first kappa shape index (κ1) is 14.0. The zero-order valence-corrected chi connectivity index (χ0v) is 11.7. The van der Waals surface area contributed by atoms with Crippen LogP contribution in [0.25, 0.3) is 10.9 Å². The van der Waals surface area contributed by atoms with Gasteiger partial charge in [-0.3, -0.25) is 4.98 Å². The lowest BCUT2D eigenvalue weighted by molar-refractivity contribution is 0.123. The number of nitrogens with one attached hydrogen (secondary N) is 1. The molecule has 1 aromatic carbocycles. The fourth-order valence-electron chi connectivity index (χ4n) is 2.13. The van der Waals surface area contributed by atoms with E-state index in [1.165, 1.54) is 10.9 Å². The van der Waals surface area contributed by atoms with Gasteiger partial charge in [-0.15, -0.1) is 0 Å². The smallest absolute Gasteiger partial charge is 0.0705 e. The maximum absolute atomic E-state index is 5.58. The highest BCUT2D eigenvalue weighted by atomic mass is 16.5. The summed E-state index contributed by atoms with van der Waals surface area (Å²) in [6.07, 6.45) is 2.96. The second kappa shape index (κ2) is 7.22. The molecule has 2 rings (SSSR count). The zero-order chi connectivity index (χ0) is 13.5. The fraction of sp³-hybridized carbons (Fsp3) is 0.438. The van der Waals surface area contributed by atoms with Crippen molar-refractivity contribution in [2.75, 3.05) is 19.8 Å². The van der Waals surface area contributed by atoms with E-state index in [9.17, 15) is 0 Å². The van der Waals surface area contributed by atoms with E-state index in [0.29, 0.717) is 6.61 Å². The van der Waals surface area contributed by atoms with Gasteiger partial charge in [-0.2, -0.15) is 0 Å². The largest absolute Gasteiger partial charge is 0.380 e. The summed E-state index contributed by atoms with van der Waals surface area (Å²) in [6.45, 7) is 6.65. The molecule has 0 bridgehead atoms. The second-order valence-corrected chi connectivity index (χ2v) is 4.62. The number of fused-ring (bicyclic) bond motifs is 1. The number of benzene rings is 1. The number of ether oxygens (including phenoxy) is 1. The molecule has 1 aromatic heterocycles. The maximum atomic E-state index is 5.58. The van der Waals surface area contributed by atoms with Gasteiger partial charge in [0.15, 0.2) is 0 Å². The van der Waals surface area contributed by atoms with E-state index in [4.69, 9.17) is 4.74 Å². The van der Waals surface area contributed by atoms with Crippen LogP contribution in [0.4, 0.5) is 0 Å². The Labute approximate surface area is 115 Å². The van der Waals surface area contributed by atoms with Crippen molar-refractivity contribution in [2.24, 2.45) is 0 Å². The van der Waals surface area contributed by atoms with Gasteiger partial charge in [0.25, 0.3) is 0 Å². The first-order valence-electron chi connectivity index (χ1n) is 7.01. The third kappa shape index (κ3) is 3.75. The van der Waals surface area contributed by atoms with Crippen molar-refractivity contribution >= 4 is 10.9 Å². The number of hydrogen-bond donors (Lipinski definition) is 1. The van der Waals surface area contributed by atoms with Gasteiger partial charge in [0, 0.05) is 18.2 Å². The number of nitrogens with zero attached hydrogens (tertiary/aromatic N) is 1. The standard InChI is InChI=1S/C16H22N2O/c1-3-9-17-16(12-19-4-2)14-8-7-13-6-5-10-18-15(13)11-14/h5-8,10-11,16-17H,3-4,9,12H2,1-2H3. The van der Waals surface area contributed by atoms with Gasteiger partial charge in [-0.25, -0.2) is 0 Å². The molecule has 0 saturated carbocycles. The first-order valence-corrected chi connectivity index (χ1v) is 7.01. The van der Waals surface area contributed by atoms with E-state index in [-0.39, 0.29) is 6.04 Å². The van der Waals surface area contributed by atoms with Crippen molar-refractivity contribution in [3.63, 3.8) is 0 Å². The van der Waals surface area contributed by atoms with Crippen LogP contribution in [0.3, 0.4) is 0 Å². The molecule has 0 aliphatic rings. The summed E-state index contributed by atoms with van der Waals surface area (Å²) in [5, 5.41) is 4.71. The van der Waals surface area contributed by atoms with Crippen LogP contribution in [0.2, 0.25) is 0 Å². The van der Waals surface area contributed by atoms with Crippen molar-refractivity contribution in [1.82, 2.24) is 10.3 Å². The highest BCUT2D eigenvalue weighted by Crippen LogP contribution is 2.19. The minimum atomic E-state index is 0.242. The molecule has 0 radical (unpaired) electrons. The third-order valence-corrected chi connectivity index (χ3v) is 3.16. The van der Waals surface area contributed by atoms with Gasteiger partial charge in [-0.05, 0) is 37.6 Å². The molecule has 2 aromatic rings. The Morgan fingerprint density at radius 1 is 1.26 bits per heavy atom. The minimum absolute atomic E-state index is 0.242. The molecular formula is C16H22N2O. The lowest BCUT2D eigenvalue weighted by Gasteiger charge is -2.19. The van der Waals surface area contributed by atoms with Crippen LogP contribution in [-0.4, -0.2) is 24.7 Å². The lowest BCUT2D eigenvalue weighted by atomic mass is 10.0. The molecule has 1 heterocycles. The number of hydrogen-bond acceptors (Lipinski definition) is 3. The van der Waals surface area contributed by atoms with Crippen LogP contribution in [0.1, 0.15) is 31.9 Å². The molecule has 3 nitrogen and oxygen atoms in total. The SMILES string of the molecule is CCCNC(COCC)c1ccc2cccnc2c1. The molecule has 102 valence electrons. The zero-order valence-electron chi connectivity index (χ0n) is 11.7. The molecule has 0 aliphatic heterocycles. The van der Waals surface area contributed by atoms with E-state index >= 15 is 0 Å². The normalized spacial score (nSPS) is 12.7. The lowest BCUT2D eigenvalue weighted by Crippen LogP contribution is -2.26. The molecule has 0 fully saturated rings. The topological polar surface area (TPSA) is 34.1 Å². The van der Waals surface area contributed by atoms with Gasteiger partial charge < -0.3 is 10.1 Å². The first-order chi connectivity index (χ1) is 9.35. The summed E-state index contributed by atoms with van der Waals surface area (Å²) in [6, 6.07) is 10.7. The predicted octanol–water partition coefficient (Wildman–Crippen LogP) is 3.31. The van der Waals surface area contributed by atoms with Crippen molar-refractivity contribution in [1.29, 1.82) is 0 Å². The maximum Gasteiger partial charge on any atom is 0.0705 e.